The number of para-hydroxylation sites is 1. The average Bonchev–Trinajstić information content (AvgIpc) is 1.56. The van der Waals surface area contributed by atoms with E-state index >= 15 is 0 Å². The van der Waals surface area contributed by atoms with Crippen LogP contribution in [0, 0.1) is 70.6 Å². The second-order valence-electron chi connectivity index (χ2n) is 38.5. The Morgan fingerprint density at radius 1 is 0.405 bits per heavy atom. The number of hydrogen-bond donors (Lipinski definition) is 4. The summed E-state index contributed by atoms with van der Waals surface area (Å²) < 4.78 is 107. The van der Waals surface area contributed by atoms with E-state index in [-0.39, 0.29) is 124 Å². The van der Waals surface area contributed by atoms with E-state index in [1.165, 1.54) is 34.1 Å². The van der Waals surface area contributed by atoms with E-state index in [9.17, 15) is 65.9 Å². The number of aryl methyl sites for hydroxylation is 6. The van der Waals surface area contributed by atoms with Crippen molar-refractivity contribution < 1.29 is 93.7 Å². The first-order valence-electron chi connectivity index (χ1n) is 43.4. The number of benzene rings is 3. The third-order valence-corrected chi connectivity index (χ3v) is 25.9. The second-order valence-corrected chi connectivity index (χ2v) is 38.5. The number of aromatic nitrogens is 4. The number of carbonyl (C=O) groups is 4. The second kappa shape index (κ2) is 36.9. The first-order chi connectivity index (χ1) is 58.9. The minimum absolute atomic E-state index is 0.00656. The Balaban J connectivity index is 0.000000153. The molecule has 4 aromatic heterocycles. The van der Waals surface area contributed by atoms with E-state index in [1.807, 2.05) is 122 Å². The Hall–Kier alpha value is -10.1. The predicted molar refractivity (Wildman–Crippen MR) is 459 cm³/mol. The maximum atomic E-state index is 14.3. The summed E-state index contributed by atoms with van der Waals surface area (Å²) >= 11 is 0. The predicted octanol–water partition coefficient (Wildman–Crippen LogP) is 15.5. The van der Waals surface area contributed by atoms with Gasteiger partial charge in [-0.3, -0.25) is 29.2 Å². The highest BCUT2D eigenvalue weighted by molar-refractivity contribution is 6.00. The van der Waals surface area contributed by atoms with Crippen LogP contribution >= 0.6 is 0 Å². The number of hydrogen-bond acceptors (Lipinski definition) is 23. The summed E-state index contributed by atoms with van der Waals surface area (Å²) in [6, 6.07) is 27.0. The fraction of sp³-hybridized carbons (Fsp3) is 0.591. The molecule has 4 saturated heterocycles. The molecule has 4 amide bonds. The van der Waals surface area contributed by atoms with Gasteiger partial charge in [0.25, 0.3) is 11.2 Å². The highest BCUT2D eigenvalue weighted by Gasteiger charge is 2.66. The number of oxime groups is 2. The van der Waals surface area contributed by atoms with Crippen LogP contribution in [0.15, 0.2) is 142 Å². The number of amides is 4. The molecule has 33 heteroatoms. The molecule has 8 aliphatic rings. The summed E-state index contributed by atoms with van der Waals surface area (Å²) in [5, 5.41) is 71.9. The molecule has 4 fully saturated rings. The van der Waals surface area contributed by atoms with Gasteiger partial charge in [0.2, 0.25) is 23.6 Å². The number of aliphatic imine (C=N–C) groups is 1. The summed E-state index contributed by atoms with van der Waals surface area (Å²) in [5.74, 6) is -1.24. The third-order valence-electron chi connectivity index (χ3n) is 25.9. The monoisotopic (exact) mass is 1760 g/mol. The molecular formula is C93H121F6N13O14. The Morgan fingerprint density at radius 2 is 0.698 bits per heavy atom. The summed E-state index contributed by atoms with van der Waals surface area (Å²) in [5.41, 5.74) is 1.81. The molecule has 0 radical (unpaired) electrons. The van der Waals surface area contributed by atoms with Crippen LogP contribution in [-0.4, -0.2) is 205 Å². The van der Waals surface area contributed by atoms with Crippen LogP contribution < -0.4 is 5.01 Å². The molecule has 12 heterocycles. The number of aliphatic hydroxyl groups excluding tert-OH is 4. The Morgan fingerprint density at radius 3 is 0.960 bits per heavy atom. The van der Waals surface area contributed by atoms with Crippen molar-refractivity contribution in [3.05, 3.63) is 171 Å². The molecule has 4 N–H and O–H groups in total. The summed E-state index contributed by atoms with van der Waals surface area (Å²) in [6.07, 6.45) is -10.7. The van der Waals surface area contributed by atoms with Crippen LogP contribution in [0.5, 0.6) is 0 Å². The molecule has 3 aromatic carbocycles. The van der Waals surface area contributed by atoms with Crippen LogP contribution in [0.1, 0.15) is 240 Å². The Labute approximate surface area is 731 Å². The highest BCUT2D eigenvalue weighted by atomic mass is 19.4. The van der Waals surface area contributed by atoms with Crippen molar-refractivity contribution in [3.8, 4) is 0 Å². The number of aliphatic hydroxyl groups is 4. The number of nitrogens with zero attached hydrogens (tertiary/aromatic N) is 13. The average molecular weight is 1760 g/mol. The number of anilines is 1. The quantitative estimate of drug-likeness (QED) is 0.0546. The maximum absolute atomic E-state index is 14.3. The van der Waals surface area contributed by atoms with E-state index in [4.69, 9.17) is 37.9 Å². The molecule has 0 spiro atoms. The van der Waals surface area contributed by atoms with Crippen LogP contribution in [0.25, 0.3) is 0 Å². The topological polar surface area (TPSA) is 337 Å². The van der Waals surface area contributed by atoms with Gasteiger partial charge >= 0.3 is 12.4 Å². The molecule has 7 aromatic rings. The summed E-state index contributed by atoms with van der Waals surface area (Å²) in [4.78, 5) is 76.0. The fourth-order valence-corrected chi connectivity index (χ4v) is 18.5. The van der Waals surface area contributed by atoms with Crippen molar-refractivity contribution in [2.75, 3.05) is 31.2 Å². The molecule has 15 rings (SSSR count). The highest BCUT2D eigenvalue weighted by Crippen LogP contribution is 2.53. The van der Waals surface area contributed by atoms with Crippen LogP contribution in [-0.2, 0) is 40.1 Å². The van der Waals surface area contributed by atoms with E-state index in [0.717, 1.165) is 52.5 Å². The van der Waals surface area contributed by atoms with Crippen LogP contribution in [0.3, 0.4) is 0 Å². The number of halogens is 6. The largest absolute Gasteiger partial charge is 0.435 e. The lowest BCUT2D eigenvalue weighted by Crippen LogP contribution is -2.47. The van der Waals surface area contributed by atoms with Crippen molar-refractivity contribution in [3.63, 3.8) is 0 Å². The maximum Gasteiger partial charge on any atom is 0.435 e. The van der Waals surface area contributed by atoms with Gasteiger partial charge in [-0.05, 0) is 117 Å². The van der Waals surface area contributed by atoms with Crippen molar-refractivity contribution in [2.45, 2.75) is 297 Å². The number of β-amino-alcohol motifs (C(OH)–C–C–N with tert-alkyl or cyclic N) is 4. The molecular weight excluding hydrogens is 1640 g/mol. The van der Waals surface area contributed by atoms with Gasteiger partial charge in [-0.15, -0.1) is 0 Å². The van der Waals surface area contributed by atoms with E-state index in [1.54, 1.807) is 69.0 Å². The van der Waals surface area contributed by atoms with Crippen molar-refractivity contribution in [1.29, 1.82) is 0 Å². The molecule has 4 unspecified atom stereocenters. The van der Waals surface area contributed by atoms with E-state index in [0.29, 0.717) is 60.4 Å². The number of likely N-dealkylation sites (tertiary alicyclic amines) is 4. The lowest BCUT2D eigenvalue weighted by Gasteiger charge is -2.32. The zero-order chi connectivity index (χ0) is 92.2. The fourth-order valence-electron chi connectivity index (χ4n) is 18.5. The minimum Gasteiger partial charge on any atom is -0.391 e. The molecule has 27 nitrogen and oxygen atoms in total. The van der Waals surface area contributed by atoms with Crippen molar-refractivity contribution in [1.82, 2.24) is 40.2 Å². The molecule has 684 valence electrons. The molecule has 126 heavy (non-hydrogen) atoms. The first-order valence-corrected chi connectivity index (χ1v) is 43.4. The van der Waals surface area contributed by atoms with Gasteiger partial charge in [0.1, 0.15) is 46.7 Å². The van der Waals surface area contributed by atoms with Crippen LogP contribution in [0.2, 0.25) is 0 Å². The minimum atomic E-state index is -4.74. The van der Waals surface area contributed by atoms with Gasteiger partial charge in [-0.2, -0.15) is 31.4 Å². The lowest BCUT2D eigenvalue weighted by molar-refractivity contribution is -0.276. The zero-order valence-corrected chi connectivity index (χ0v) is 75.5. The normalized spacial score (nSPS) is 25.9. The van der Waals surface area contributed by atoms with Crippen molar-refractivity contribution >= 4 is 52.2 Å². The number of rotatable bonds is 19. The summed E-state index contributed by atoms with van der Waals surface area (Å²) in [7, 11) is 0. The molecule has 8 aliphatic heterocycles. The molecule has 0 aliphatic carbocycles. The molecule has 14 atom stereocenters. The third kappa shape index (κ3) is 19.6. The Bertz CT molecular complexity index is 4960. The number of alkyl halides is 6. The SMILES string of the molecule is Cc1cc(C(C(=O)N2CC(O)CC2C2=NC(C)(C)C(C)(C)C2)C(C)C)on1.Cc1cc([C@@H](C(=O)N2C[C@H](O)C[C@H]2C2=NN(c3ccccc3)C(C)(C)C2)C(C)C)on1.Cc1ccc(C2(C(F)(F)F)CC([C@@H]3C[C@@H](O)CN3C(=O)[C@@H](c3cc(C)no3)C(C)C)=NO2)cc1.Cc1ccc([C@]2(C(F)(F)F)CC([C@@H]3C[C@@H](O)CN3C(=O)[C@H](c3cc(C)no3)C(C)C)=NO2)cc1. The van der Waals surface area contributed by atoms with Crippen LogP contribution in [0.4, 0.5) is 32.0 Å². The zero-order valence-electron chi connectivity index (χ0n) is 75.5. The molecule has 0 bridgehead atoms. The van der Waals surface area contributed by atoms with Gasteiger partial charge in [0, 0.05) is 112 Å². The van der Waals surface area contributed by atoms with Gasteiger partial charge in [-0.1, -0.05) is 178 Å². The summed E-state index contributed by atoms with van der Waals surface area (Å²) in [6.45, 7) is 39.9. The standard InChI is InChI=1S/2C24H28F3N3O4.C24H32N4O3.C21H33N3O3/c2*1-13(2)21(20-9-15(4)28-33-20)22(32)30-12-17(31)10-19(30)18-11-23(34-29-18,24(25,26)27)16-7-5-14(3)6-8-16;1-15(2)22(21-11-16(3)26-31-21)23(30)27-14-18(29)12-20(27)19-13-24(4,5)28(25-19)17-9-7-6-8-10-17;1-12(2)18(17-8-13(3)23-27-17)19(26)24-11-14(25)9-16(24)15-10-20(4,5)21(6,7)22-15/h2*5-9,13,17,19,21,31H,10-12H2,1-4H3;6-11,15,18,20,22,29H,12-14H2,1-5H3;8,12,14,16,18,25H,9-11H2,1-7H3/t17-,19+,21+,23+;17-,19+,21-,23?;18-,20+,22+;/m111./s1. The van der Waals surface area contributed by atoms with Gasteiger partial charge < -0.3 is 67.8 Å². The molecule has 0 saturated carbocycles. The first kappa shape index (κ1) is 95.0. The lowest BCUT2D eigenvalue weighted by atomic mass is 9.74. The smallest absolute Gasteiger partial charge is 0.391 e. The Kier molecular flexibility index (Phi) is 27.8. The van der Waals surface area contributed by atoms with Gasteiger partial charge in [-0.25, -0.2) is 0 Å². The van der Waals surface area contributed by atoms with Crippen molar-refractivity contribution in [2.24, 2.45) is 49.5 Å². The van der Waals surface area contributed by atoms with Gasteiger partial charge in [0.05, 0.1) is 105 Å². The van der Waals surface area contributed by atoms with E-state index < -0.39 is 96.6 Å². The number of hydrazone groups is 1. The number of carbonyl (C=O) groups excluding carboxylic acids is 4. The van der Waals surface area contributed by atoms with Gasteiger partial charge in [0.15, 0.2) is 0 Å². The van der Waals surface area contributed by atoms with E-state index in [2.05, 4.69) is 72.5 Å².